The minimum Gasteiger partial charge on any atom is -0.358 e. The van der Waals surface area contributed by atoms with Gasteiger partial charge in [-0.15, -0.1) is 0 Å². The first kappa shape index (κ1) is 13.9. The van der Waals surface area contributed by atoms with Crippen molar-refractivity contribution in [3.63, 3.8) is 0 Å². The summed E-state index contributed by atoms with van der Waals surface area (Å²) in [6.45, 7) is 1.86. The first-order chi connectivity index (χ1) is 10.6. The molecule has 2 aromatic heterocycles. The summed E-state index contributed by atoms with van der Waals surface area (Å²) in [5, 5.41) is 10.9. The lowest BCUT2D eigenvalue weighted by Crippen LogP contribution is -2.03. The van der Waals surface area contributed by atoms with Gasteiger partial charge in [0, 0.05) is 11.3 Å². The van der Waals surface area contributed by atoms with E-state index in [0.717, 1.165) is 17.0 Å². The summed E-state index contributed by atoms with van der Waals surface area (Å²) >= 11 is 0. The minimum atomic E-state index is -0.482. The van der Waals surface area contributed by atoms with E-state index in [1.807, 2.05) is 43.3 Å². The molecule has 110 valence electrons. The maximum absolute atomic E-state index is 10.9. The van der Waals surface area contributed by atoms with Gasteiger partial charge in [0.25, 0.3) is 5.82 Å². The van der Waals surface area contributed by atoms with Crippen LogP contribution in [0.4, 0.5) is 5.82 Å². The fourth-order valence-electron chi connectivity index (χ4n) is 2.20. The second-order valence-electron chi connectivity index (χ2n) is 4.84. The van der Waals surface area contributed by atoms with Crippen LogP contribution in [0.5, 0.6) is 0 Å². The first-order valence-electron chi connectivity index (χ1n) is 6.64. The highest BCUT2D eigenvalue weighted by Crippen LogP contribution is 2.23. The second-order valence-corrected chi connectivity index (χ2v) is 4.84. The number of benzene rings is 1. The highest BCUT2D eigenvalue weighted by molar-refractivity contribution is 5.62. The molecule has 2 heterocycles. The third kappa shape index (κ3) is 2.44. The molecule has 0 radical (unpaired) electrons. The SMILES string of the molecule is Cc1cc(-c2ccccc2)nc(-c2ncc([N+](=O)[O-])n2C)n1. The van der Waals surface area contributed by atoms with Crippen LogP contribution in [0.25, 0.3) is 22.9 Å². The topological polar surface area (TPSA) is 86.7 Å². The molecule has 3 rings (SSSR count). The van der Waals surface area contributed by atoms with E-state index in [0.29, 0.717) is 11.6 Å². The predicted octanol–water partition coefficient (Wildman–Crippen LogP) is 2.76. The Morgan fingerprint density at radius 2 is 1.91 bits per heavy atom. The Kier molecular flexibility index (Phi) is 3.38. The number of hydrogen-bond acceptors (Lipinski definition) is 5. The van der Waals surface area contributed by atoms with Gasteiger partial charge in [-0.3, -0.25) is 0 Å². The van der Waals surface area contributed by atoms with Crippen molar-refractivity contribution in [1.29, 1.82) is 0 Å². The third-order valence-corrected chi connectivity index (χ3v) is 3.27. The Morgan fingerprint density at radius 3 is 2.55 bits per heavy atom. The van der Waals surface area contributed by atoms with E-state index in [9.17, 15) is 10.1 Å². The molecule has 0 atom stereocenters. The van der Waals surface area contributed by atoms with Crippen LogP contribution in [0, 0.1) is 17.0 Å². The lowest BCUT2D eigenvalue weighted by atomic mass is 10.1. The highest BCUT2D eigenvalue weighted by Gasteiger charge is 2.21. The van der Waals surface area contributed by atoms with Crippen LogP contribution in [0.3, 0.4) is 0 Å². The van der Waals surface area contributed by atoms with E-state index in [-0.39, 0.29) is 5.82 Å². The van der Waals surface area contributed by atoms with Crippen LogP contribution in [0.15, 0.2) is 42.6 Å². The molecule has 1 aromatic carbocycles. The molecule has 0 spiro atoms. The molecular formula is C15H13N5O2. The second kappa shape index (κ2) is 5.36. The molecule has 0 saturated heterocycles. The van der Waals surface area contributed by atoms with Gasteiger partial charge >= 0.3 is 5.82 Å². The van der Waals surface area contributed by atoms with Crippen molar-refractivity contribution in [2.75, 3.05) is 0 Å². The van der Waals surface area contributed by atoms with Gasteiger partial charge in [0.15, 0.2) is 0 Å². The maximum atomic E-state index is 10.9. The van der Waals surface area contributed by atoms with Gasteiger partial charge in [0.1, 0.15) is 6.20 Å². The van der Waals surface area contributed by atoms with E-state index < -0.39 is 4.92 Å². The Labute approximate surface area is 126 Å². The van der Waals surface area contributed by atoms with Crippen molar-refractivity contribution in [1.82, 2.24) is 19.5 Å². The molecule has 0 aliphatic carbocycles. The Bertz CT molecular complexity index is 842. The maximum Gasteiger partial charge on any atom is 0.343 e. The summed E-state index contributed by atoms with van der Waals surface area (Å²) in [7, 11) is 1.58. The van der Waals surface area contributed by atoms with E-state index in [2.05, 4.69) is 15.0 Å². The van der Waals surface area contributed by atoms with Crippen molar-refractivity contribution in [3.8, 4) is 22.9 Å². The lowest BCUT2D eigenvalue weighted by Gasteiger charge is -2.04. The van der Waals surface area contributed by atoms with E-state index in [1.165, 1.54) is 10.8 Å². The van der Waals surface area contributed by atoms with Gasteiger partial charge in [-0.25, -0.2) is 19.5 Å². The minimum absolute atomic E-state index is 0.0960. The molecule has 0 amide bonds. The monoisotopic (exact) mass is 295 g/mol. The van der Waals surface area contributed by atoms with Crippen LogP contribution >= 0.6 is 0 Å². The summed E-state index contributed by atoms with van der Waals surface area (Å²) in [4.78, 5) is 23.4. The molecule has 0 aliphatic rings. The van der Waals surface area contributed by atoms with Crippen molar-refractivity contribution >= 4 is 5.82 Å². The number of hydrogen-bond donors (Lipinski definition) is 0. The quantitative estimate of drug-likeness (QED) is 0.547. The summed E-state index contributed by atoms with van der Waals surface area (Å²) in [6, 6.07) is 11.6. The van der Waals surface area contributed by atoms with Gasteiger partial charge in [-0.05, 0) is 17.9 Å². The fourth-order valence-corrected chi connectivity index (χ4v) is 2.20. The van der Waals surface area contributed by atoms with Crippen molar-refractivity contribution in [2.24, 2.45) is 7.05 Å². The van der Waals surface area contributed by atoms with Crippen molar-refractivity contribution in [3.05, 3.63) is 58.4 Å². The molecule has 0 aliphatic heterocycles. The van der Waals surface area contributed by atoms with Gasteiger partial charge in [0.05, 0.1) is 12.7 Å². The number of imidazole rings is 1. The summed E-state index contributed by atoms with van der Waals surface area (Å²) in [5.41, 5.74) is 2.49. The summed E-state index contributed by atoms with van der Waals surface area (Å²) < 4.78 is 1.38. The van der Waals surface area contributed by atoms with Crippen LogP contribution in [-0.2, 0) is 7.05 Å². The molecule has 0 saturated carbocycles. The lowest BCUT2D eigenvalue weighted by molar-refractivity contribution is -0.391. The molecular weight excluding hydrogens is 282 g/mol. The average molecular weight is 295 g/mol. The first-order valence-corrected chi connectivity index (χ1v) is 6.64. The van der Waals surface area contributed by atoms with E-state index >= 15 is 0 Å². The molecule has 0 N–H and O–H groups in total. The summed E-state index contributed by atoms with van der Waals surface area (Å²) in [5.74, 6) is 0.642. The molecule has 3 aromatic rings. The van der Waals surface area contributed by atoms with Crippen LogP contribution in [-0.4, -0.2) is 24.4 Å². The van der Waals surface area contributed by atoms with Gasteiger partial charge in [-0.2, -0.15) is 0 Å². The van der Waals surface area contributed by atoms with Crippen molar-refractivity contribution < 1.29 is 4.92 Å². The molecule has 22 heavy (non-hydrogen) atoms. The van der Waals surface area contributed by atoms with Gasteiger partial charge < -0.3 is 10.1 Å². The number of aromatic nitrogens is 4. The Balaban J connectivity index is 2.13. The average Bonchev–Trinajstić information content (AvgIpc) is 2.89. The molecule has 7 nitrogen and oxygen atoms in total. The number of aryl methyl sites for hydroxylation is 1. The summed E-state index contributed by atoms with van der Waals surface area (Å²) in [6.07, 6.45) is 1.21. The standard InChI is InChI=1S/C15H13N5O2/c1-10-8-12(11-6-4-3-5-7-11)18-14(17-10)15-16-9-13(19(15)2)20(21)22/h3-9H,1-2H3. The number of nitrogens with zero attached hydrogens (tertiary/aromatic N) is 5. The molecule has 0 unspecified atom stereocenters. The smallest absolute Gasteiger partial charge is 0.343 e. The zero-order valence-electron chi connectivity index (χ0n) is 12.1. The normalized spacial score (nSPS) is 10.6. The molecule has 0 bridgehead atoms. The van der Waals surface area contributed by atoms with Crippen molar-refractivity contribution in [2.45, 2.75) is 6.92 Å². The van der Waals surface area contributed by atoms with E-state index in [4.69, 9.17) is 0 Å². The molecule has 7 heteroatoms. The number of nitro groups is 1. The highest BCUT2D eigenvalue weighted by atomic mass is 16.6. The Morgan fingerprint density at radius 1 is 1.18 bits per heavy atom. The van der Waals surface area contributed by atoms with Crippen LogP contribution in [0.2, 0.25) is 0 Å². The van der Waals surface area contributed by atoms with E-state index in [1.54, 1.807) is 7.05 Å². The Hall–Kier alpha value is -3.09. The third-order valence-electron chi connectivity index (χ3n) is 3.27. The van der Waals surface area contributed by atoms with Gasteiger partial charge in [-0.1, -0.05) is 30.3 Å². The van der Waals surface area contributed by atoms with Crippen LogP contribution < -0.4 is 0 Å². The largest absolute Gasteiger partial charge is 0.358 e. The predicted molar refractivity (Wildman–Crippen MR) is 81.1 cm³/mol. The number of rotatable bonds is 3. The molecule has 0 fully saturated rings. The fraction of sp³-hybridized carbons (Fsp3) is 0.133. The zero-order chi connectivity index (χ0) is 15.7. The van der Waals surface area contributed by atoms with Crippen LogP contribution in [0.1, 0.15) is 5.69 Å². The zero-order valence-corrected chi connectivity index (χ0v) is 12.1. The van der Waals surface area contributed by atoms with Gasteiger partial charge in [0.2, 0.25) is 5.82 Å².